The number of nitrogens with one attached hydrogen (secondary N) is 1. The number of carbonyl (C=O) groups is 1. The van der Waals surface area contributed by atoms with Crippen molar-refractivity contribution in [3.8, 4) is 0 Å². The Kier molecular flexibility index (Phi) is 1.77. The standard InChI is InChI=1S/C12H11N3O/c13-12(16)15-7-10-9-4-2-1-3-8(9)5-6-11(10)14-15/h1-6,14H,7H2,(H2,13,16). The normalized spacial score (nSPS) is 13.6. The van der Waals surface area contributed by atoms with Crippen molar-refractivity contribution < 1.29 is 4.79 Å². The smallest absolute Gasteiger partial charge is 0.333 e. The first-order valence-electron chi connectivity index (χ1n) is 5.10. The number of fused-ring (bicyclic) bond motifs is 3. The molecule has 0 aromatic heterocycles. The molecule has 0 bridgehead atoms. The number of urea groups is 1. The van der Waals surface area contributed by atoms with E-state index in [4.69, 9.17) is 5.73 Å². The van der Waals surface area contributed by atoms with Gasteiger partial charge in [0.05, 0.1) is 12.2 Å². The highest BCUT2D eigenvalue weighted by molar-refractivity contribution is 5.92. The number of nitrogens with zero attached hydrogens (tertiary/aromatic N) is 1. The number of anilines is 1. The molecule has 0 saturated heterocycles. The summed E-state index contributed by atoms with van der Waals surface area (Å²) in [6.07, 6.45) is 0. The minimum absolute atomic E-state index is 0.458. The van der Waals surface area contributed by atoms with Gasteiger partial charge in [-0.2, -0.15) is 0 Å². The largest absolute Gasteiger partial charge is 0.350 e. The van der Waals surface area contributed by atoms with E-state index in [-0.39, 0.29) is 0 Å². The van der Waals surface area contributed by atoms with Crippen LogP contribution in [-0.4, -0.2) is 11.0 Å². The lowest BCUT2D eigenvalue weighted by Gasteiger charge is -2.11. The highest BCUT2D eigenvalue weighted by atomic mass is 16.2. The molecule has 3 N–H and O–H groups in total. The first kappa shape index (κ1) is 9.03. The molecule has 80 valence electrons. The van der Waals surface area contributed by atoms with Crippen LogP contribution < -0.4 is 11.2 Å². The second-order valence-corrected chi connectivity index (χ2v) is 3.85. The number of benzene rings is 2. The molecule has 4 nitrogen and oxygen atoms in total. The van der Waals surface area contributed by atoms with Crippen LogP contribution in [0.5, 0.6) is 0 Å². The lowest BCUT2D eigenvalue weighted by Crippen LogP contribution is -2.35. The molecule has 0 fully saturated rings. The average molecular weight is 213 g/mol. The minimum atomic E-state index is -0.458. The average Bonchev–Trinajstić information content (AvgIpc) is 2.73. The van der Waals surface area contributed by atoms with Crippen molar-refractivity contribution in [1.29, 1.82) is 0 Å². The maximum atomic E-state index is 11.1. The van der Waals surface area contributed by atoms with E-state index in [1.54, 1.807) is 0 Å². The molecule has 2 aromatic carbocycles. The quantitative estimate of drug-likeness (QED) is 0.703. The zero-order chi connectivity index (χ0) is 11.1. The van der Waals surface area contributed by atoms with Gasteiger partial charge in [0, 0.05) is 5.56 Å². The second kappa shape index (κ2) is 3.13. The molecule has 0 aliphatic carbocycles. The maximum Gasteiger partial charge on any atom is 0.333 e. The zero-order valence-electron chi connectivity index (χ0n) is 8.60. The van der Waals surface area contributed by atoms with E-state index in [0.717, 1.165) is 16.6 Å². The molecule has 0 radical (unpaired) electrons. The van der Waals surface area contributed by atoms with Crippen molar-refractivity contribution in [3.63, 3.8) is 0 Å². The highest BCUT2D eigenvalue weighted by Crippen LogP contribution is 2.31. The number of carbonyl (C=O) groups excluding carboxylic acids is 1. The van der Waals surface area contributed by atoms with Gasteiger partial charge in [0.15, 0.2) is 0 Å². The molecule has 0 spiro atoms. The molecule has 2 aromatic rings. The molecular formula is C12H11N3O. The number of hydrazine groups is 1. The Bertz CT molecular complexity index is 579. The molecule has 0 unspecified atom stereocenters. The Morgan fingerprint density at radius 1 is 1.25 bits per heavy atom. The van der Waals surface area contributed by atoms with E-state index >= 15 is 0 Å². The van der Waals surface area contributed by atoms with Crippen LogP contribution in [0, 0.1) is 0 Å². The summed E-state index contributed by atoms with van der Waals surface area (Å²) >= 11 is 0. The number of hydrogen-bond donors (Lipinski definition) is 2. The third-order valence-electron chi connectivity index (χ3n) is 2.88. The third-order valence-corrected chi connectivity index (χ3v) is 2.88. The molecule has 1 heterocycles. The summed E-state index contributed by atoms with van der Waals surface area (Å²) in [6.45, 7) is 0.520. The summed E-state index contributed by atoms with van der Waals surface area (Å²) in [7, 11) is 0. The zero-order valence-corrected chi connectivity index (χ0v) is 8.60. The van der Waals surface area contributed by atoms with Crippen molar-refractivity contribution in [2.75, 3.05) is 5.43 Å². The van der Waals surface area contributed by atoms with Crippen LogP contribution in [0.2, 0.25) is 0 Å². The predicted octanol–water partition coefficient (Wildman–Crippen LogP) is 2.06. The second-order valence-electron chi connectivity index (χ2n) is 3.85. The Labute approximate surface area is 92.6 Å². The molecule has 16 heavy (non-hydrogen) atoms. The van der Waals surface area contributed by atoms with Gasteiger partial charge < -0.3 is 5.73 Å². The number of amides is 2. The Morgan fingerprint density at radius 3 is 2.88 bits per heavy atom. The molecule has 1 aliphatic heterocycles. The molecule has 1 aliphatic rings. The molecule has 0 atom stereocenters. The van der Waals surface area contributed by atoms with Gasteiger partial charge in [-0.3, -0.25) is 5.43 Å². The van der Waals surface area contributed by atoms with Gasteiger partial charge in [-0.15, -0.1) is 0 Å². The number of rotatable bonds is 0. The van der Waals surface area contributed by atoms with E-state index in [1.165, 1.54) is 10.4 Å². The van der Waals surface area contributed by atoms with Crippen molar-refractivity contribution >= 4 is 22.5 Å². The molecule has 4 heteroatoms. The monoisotopic (exact) mass is 213 g/mol. The van der Waals surface area contributed by atoms with Gasteiger partial charge in [0.25, 0.3) is 0 Å². The summed E-state index contributed by atoms with van der Waals surface area (Å²) in [4.78, 5) is 11.1. The first-order chi connectivity index (χ1) is 7.75. The molecule has 0 saturated carbocycles. The lowest BCUT2D eigenvalue weighted by molar-refractivity contribution is 0.219. The van der Waals surface area contributed by atoms with Gasteiger partial charge in [0.1, 0.15) is 0 Å². The fraction of sp³-hybridized carbons (Fsp3) is 0.0833. The first-order valence-corrected chi connectivity index (χ1v) is 5.10. The fourth-order valence-electron chi connectivity index (χ4n) is 2.09. The van der Waals surface area contributed by atoms with Crippen LogP contribution in [0.4, 0.5) is 10.5 Å². The van der Waals surface area contributed by atoms with Gasteiger partial charge in [-0.25, -0.2) is 9.80 Å². The van der Waals surface area contributed by atoms with E-state index in [0.29, 0.717) is 6.54 Å². The molecule has 2 amide bonds. The summed E-state index contributed by atoms with van der Waals surface area (Å²) in [5.41, 5.74) is 10.3. The van der Waals surface area contributed by atoms with Crippen molar-refractivity contribution in [3.05, 3.63) is 42.0 Å². The molecular weight excluding hydrogens is 202 g/mol. The Morgan fingerprint density at radius 2 is 2.06 bits per heavy atom. The Balaban J connectivity index is 2.17. The van der Waals surface area contributed by atoms with Crippen LogP contribution in [0.25, 0.3) is 10.8 Å². The van der Waals surface area contributed by atoms with Gasteiger partial charge in [-0.05, 0) is 16.8 Å². The van der Waals surface area contributed by atoms with Crippen LogP contribution >= 0.6 is 0 Å². The van der Waals surface area contributed by atoms with Crippen molar-refractivity contribution in [2.24, 2.45) is 5.73 Å². The van der Waals surface area contributed by atoms with Crippen LogP contribution in [-0.2, 0) is 6.54 Å². The van der Waals surface area contributed by atoms with Gasteiger partial charge in [0.2, 0.25) is 0 Å². The van der Waals surface area contributed by atoms with E-state index in [1.807, 2.05) is 24.3 Å². The van der Waals surface area contributed by atoms with E-state index in [9.17, 15) is 4.79 Å². The summed E-state index contributed by atoms with van der Waals surface area (Å²) in [5.74, 6) is 0. The maximum absolute atomic E-state index is 11.1. The number of hydrogen-bond acceptors (Lipinski definition) is 2. The van der Waals surface area contributed by atoms with Crippen molar-refractivity contribution in [2.45, 2.75) is 6.54 Å². The third kappa shape index (κ3) is 1.20. The Hall–Kier alpha value is -2.23. The number of primary amides is 1. The lowest BCUT2D eigenvalue weighted by atomic mass is 10.0. The summed E-state index contributed by atoms with van der Waals surface area (Å²) in [5, 5.41) is 3.75. The van der Waals surface area contributed by atoms with E-state index < -0.39 is 6.03 Å². The van der Waals surface area contributed by atoms with Crippen LogP contribution in [0.1, 0.15) is 5.56 Å². The molecule has 3 rings (SSSR count). The van der Waals surface area contributed by atoms with Gasteiger partial charge >= 0.3 is 6.03 Å². The predicted molar refractivity (Wildman–Crippen MR) is 62.7 cm³/mol. The van der Waals surface area contributed by atoms with Crippen LogP contribution in [0.3, 0.4) is 0 Å². The fourth-order valence-corrected chi connectivity index (χ4v) is 2.09. The van der Waals surface area contributed by atoms with Gasteiger partial charge in [-0.1, -0.05) is 30.3 Å². The van der Waals surface area contributed by atoms with Crippen molar-refractivity contribution in [1.82, 2.24) is 5.01 Å². The van der Waals surface area contributed by atoms with Crippen LogP contribution in [0.15, 0.2) is 36.4 Å². The topological polar surface area (TPSA) is 58.4 Å². The summed E-state index contributed by atoms with van der Waals surface area (Å²) < 4.78 is 0. The van der Waals surface area contributed by atoms with E-state index in [2.05, 4.69) is 17.6 Å². The number of nitrogens with two attached hydrogens (primary N) is 1. The summed E-state index contributed by atoms with van der Waals surface area (Å²) in [6, 6.07) is 11.7. The minimum Gasteiger partial charge on any atom is -0.350 e. The SMILES string of the molecule is NC(=O)N1Cc2c(ccc3ccccc23)N1. The highest BCUT2D eigenvalue weighted by Gasteiger charge is 2.22.